The fourth-order valence-electron chi connectivity index (χ4n) is 3.95. The van der Waals surface area contributed by atoms with Gasteiger partial charge in [-0.05, 0) is 63.6 Å². The molecule has 1 unspecified atom stereocenters. The van der Waals surface area contributed by atoms with Crippen molar-refractivity contribution in [2.45, 2.75) is 84.0 Å². The summed E-state index contributed by atoms with van der Waals surface area (Å²) < 4.78 is 11.6. The highest BCUT2D eigenvalue weighted by Gasteiger charge is 2.33. The second kappa shape index (κ2) is 9.81. The summed E-state index contributed by atoms with van der Waals surface area (Å²) in [6.45, 7) is 5.65. The standard InChI is InChI=1S/C23H32N2O4/c1-4-8-19-20(22(26)28-15(2)3)21(25-23(27)24-19)16-11-13-18(14-12-16)29-17-9-6-5-7-10-17/h11-15,17,21H,4-10H2,1-3H3,(H2,24,25,27). The number of carbonyl (C=O) groups is 2. The Kier molecular flexibility index (Phi) is 7.18. The molecule has 29 heavy (non-hydrogen) atoms. The third-order valence-electron chi connectivity index (χ3n) is 5.28. The first kappa shape index (κ1) is 21.2. The number of allylic oxidation sites excluding steroid dienone is 1. The molecule has 1 aliphatic heterocycles. The monoisotopic (exact) mass is 400 g/mol. The predicted octanol–water partition coefficient (Wildman–Crippen LogP) is 4.76. The minimum atomic E-state index is -0.541. The molecule has 1 aliphatic carbocycles. The molecule has 6 nitrogen and oxygen atoms in total. The first-order valence-electron chi connectivity index (χ1n) is 10.8. The lowest BCUT2D eigenvalue weighted by molar-refractivity contribution is -0.143. The first-order valence-corrected chi connectivity index (χ1v) is 10.8. The lowest BCUT2D eigenvalue weighted by atomic mass is 9.93. The minimum absolute atomic E-state index is 0.234. The van der Waals surface area contributed by atoms with E-state index in [4.69, 9.17) is 9.47 Å². The molecule has 1 aromatic carbocycles. The van der Waals surface area contributed by atoms with Gasteiger partial charge in [-0.2, -0.15) is 0 Å². The van der Waals surface area contributed by atoms with Crippen LogP contribution in [-0.2, 0) is 9.53 Å². The Balaban J connectivity index is 1.84. The molecule has 0 aromatic heterocycles. The molecule has 0 saturated heterocycles. The molecule has 1 saturated carbocycles. The molecule has 158 valence electrons. The molecule has 2 aliphatic rings. The van der Waals surface area contributed by atoms with E-state index in [9.17, 15) is 9.59 Å². The lowest BCUT2D eigenvalue weighted by Crippen LogP contribution is -2.46. The van der Waals surface area contributed by atoms with Gasteiger partial charge in [-0.25, -0.2) is 9.59 Å². The van der Waals surface area contributed by atoms with E-state index < -0.39 is 12.0 Å². The smallest absolute Gasteiger partial charge is 0.338 e. The van der Waals surface area contributed by atoms with Gasteiger partial charge in [-0.3, -0.25) is 0 Å². The third kappa shape index (κ3) is 5.52. The number of nitrogens with one attached hydrogen (secondary N) is 2. The predicted molar refractivity (Wildman–Crippen MR) is 112 cm³/mol. The van der Waals surface area contributed by atoms with Crippen molar-refractivity contribution in [1.29, 1.82) is 0 Å². The molecular weight excluding hydrogens is 368 g/mol. The van der Waals surface area contributed by atoms with Crippen LogP contribution < -0.4 is 15.4 Å². The van der Waals surface area contributed by atoms with Gasteiger partial charge < -0.3 is 20.1 Å². The number of ether oxygens (including phenoxy) is 2. The summed E-state index contributed by atoms with van der Waals surface area (Å²) in [7, 11) is 0. The van der Waals surface area contributed by atoms with Crippen molar-refractivity contribution < 1.29 is 19.1 Å². The lowest BCUT2D eigenvalue weighted by Gasteiger charge is -2.30. The Hall–Kier alpha value is -2.50. The zero-order valence-electron chi connectivity index (χ0n) is 17.6. The molecular formula is C23H32N2O4. The summed E-state index contributed by atoms with van der Waals surface area (Å²) in [6, 6.07) is 6.83. The van der Waals surface area contributed by atoms with Gasteiger partial charge in [0.1, 0.15) is 5.75 Å². The van der Waals surface area contributed by atoms with Gasteiger partial charge in [-0.15, -0.1) is 0 Å². The number of rotatable bonds is 7. The van der Waals surface area contributed by atoms with E-state index in [0.29, 0.717) is 17.7 Å². The van der Waals surface area contributed by atoms with E-state index in [1.165, 1.54) is 19.3 Å². The fourth-order valence-corrected chi connectivity index (χ4v) is 3.95. The Morgan fingerprint density at radius 2 is 1.83 bits per heavy atom. The normalized spacial score (nSPS) is 20.3. The van der Waals surface area contributed by atoms with Crippen LogP contribution in [0.25, 0.3) is 0 Å². The topological polar surface area (TPSA) is 76.7 Å². The molecule has 0 spiro atoms. The number of hydrogen-bond donors (Lipinski definition) is 2. The molecule has 1 heterocycles. The Bertz CT molecular complexity index is 749. The van der Waals surface area contributed by atoms with E-state index in [1.54, 1.807) is 0 Å². The molecule has 2 N–H and O–H groups in total. The molecule has 6 heteroatoms. The van der Waals surface area contributed by atoms with Crippen LogP contribution in [0.2, 0.25) is 0 Å². The van der Waals surface area contributed by atoms with Crippen LogP contribution in [-0.4, -0.2) is 24.2 Å². The van der Waals surface area contributed by atoms with Crippen LogP contribution in [0, 0.1) is 0 Å². The molecule has 0 bridgehead atoms. The summed E-state index contributed by atoms with van der Waals surface area (Å²) in [6.07, 6.45) is 7.39. The molecule has 1 atom stereocenters. The van der Waals surface area contributed by atoms with Crippen molar-refractivity contribution in [2.75, 3.05) is 0 Å². The van der Waals surface area contributed by atoms with Gasteiger partial charge in [0.2, 0.25) is 0 Å². The summed E-state index contributed by atoms with van der Waals surface area (Å²) in [5, 5.41) is 5.67. The largest absolute Gasteiger partial charge is 0.490 e. The number of esters is 1. The first-order chi connectivity index (χ1) is 14.0. The van der Waals surface area contributed by atoms with Crippen LogP contribution in [0.4, 0.5) is 4.79 Å². The van der Waals surface area contributed by atoms with Crippen LogP contribution in [0.3, 0.4) is 0 Å². The van der Waals surface area contributed by atoms with Crippen molar-refractivity contribution in [2.24, 2.45) is 0 Å². The number of benzene rings is 1. The highest BCUT2D eigenvalue weighted by Crippen LogP contribution is 2.31. The summed E-state index contributed by atoms with van der Waals surface area (Å²) in [5.74, 6) is 0.425. The van der Waals surface area contributed by atoms with Gasteiger partial charge in [0, 0.05) is 5.70 Å². The SMILES string of the molecule is CCCC1=C(C(=O)OC(C)C)C(c2ccc(OC3CCCCC3)cc2)NC(=O)N1. The van der Waals surface area contributed by atoms with Crippen LogP contribution in [0.1, 0.15) is 77.3 Å². The average molecular weight is 401 g/mol. The summed E-state index contributed by atoms with van der Waals surface area (Å²) in [4.78, 5) is 25.0. The number of carbonyl (C=O) groups excluding carboxylic acids is 2. The zero-order chi connectivity index (χ0) is 20.8. The molecule has 2 amide bonds. The number of amides is 2. The van der Waals surface area contributed by atoms with Gasteiger partial charge in [0.05, 0.1) is 23.8 Å². The highest BCUT2D eigenvalue weighted by molar-refractivity contribution is 5.95. The molecule has 0 radical (unpaired) electrons. The van der Waals surface area contributed by atoms with E-state index in [2.05, 4.69) is 10.6 Å². The average Bonchev–Trinajstić information content (AvgIpc) is 2.68. The van der Waals surface area contributed by atoms with Crippen LogP contribution in [0.15, 0.2) is 35.5 Å². The molecule has 3 rings (SSSR count). The van der Waals surface area contributed by atoms with Gasteiger partial charge in [-0.1, -0.05) is 31.9 Å². The quantitative estimate of drug-likeness (QED) is 0.647. The molecule has 1 fully saturated rings. The van der Waals surface area contributed by atoms with E-state index in [1.807, 2.05) is 45.0 Å². The van der Waals surface area contributed by atoms with Gasteiger partial charge in [0.15, 0.2) is 0 Å². The van der Waals surface area contributed by atoms with Crippen LogP contribution in [0.5, 0.6) is 5.75 Å². The van der Waals surface area contributed by atoms with Gasteiger partial charge in [0.25, 0.3) is 0 Å². The summed E-state index contributed by atoms with van der Waals surface area (Å²) in [5.41, 5.74) is 1.94. The summed E-state index contributed by atoms with van der Waals surface area (Å²) >= 11 is 0. The van der Waals surface area contributed by atoms with E-state index >= 15 is 0 Å². The molecule has 1 aromatic rings. The van der Waals surface area contributed by atoms with E-state index in [-0.39, 0.29) is 18.2 Å². The highest BCUT2D eigenvalue weighted by atomic mass is 16.5. The van der Waals surface area contributed by atoms with Crippen molar-refractivity contribution in [1.82, 2.24) is 10.6 Å². The van der Waals surface area contributed by atoms with Gasteiger partial charge >= 0.3 is 12.0 Å². The zero-order valence-corrected chi connectivity index (χ0v) is 17.6. The van der Waals surface area contributed by atoms with Crippen LogP contribution >= 0.6 is 0 Å². The fraction of sp³-hybridized carbons (Fsp3) is 0.565. The Morgan fingerprint density at radius 1 is 1.14 bits per heavy atom. The van der Waals surface area contributed by atoms with Crippen molar-refractivity contribution in [3.63, 3.8) is 0 Å². The second-order valence-electron chi connectivity index (χ2n) is 8.07. The van der Waals surface area contributed by atoms with E-state index in [0.717, 1.165) is 30.6 Å². The number of hydrogen-bond acceptors (Lipinski definition) is 4. The van der Waals surface area contributed by atoms with Crippen molar-refractivity contribution in [3.05, 3.63) is 41.1 Å². The Morgan fingerprint density at radius 3 is 2.45 bits per heavy atom. The Labute approximate surface area is 173 Å². The van der Waals surface area contributed by atoms with Crippen molar-refractivity contribution in [3.8, 4) is 5.75 Å². The second-order valence-corrected chi connectivity index (χ2v) is 8.07. The number of urea groups is 1. The maximum Gasteiger partial charge on any atom is 0.338 e. The minimum Gasteiger partial charge on any atom is -0.490 e. The maximum absolute atomic E-state index is 12.8. The maximum atomic E-state index is 12.8. The third-order valence-corrected chi connectivity index (χ3v) is 5.28. The van der Waals surface area contributed by atoms with Crippen molar-refractivity contribution >= 4 is 12.0 Å².